The molecule has 124 valence electrons. The van der Waals surface area contributed by atoms with Gasteiger partial charge in [0.05, 0.1) is 6.54 Å². The van der Waals surface area contributed by atoms with E-state index in [1.54, 1.807) is 23.9 Å². The van der Waals surface area contributed by atoms with Gasteiger partial charge in [-0.15, -0.1) is 0 Å². The number of halogens is 1. The highest BCUT2D eigenvalue weighted by atomic mass is 32.2. The molecule has 1 atom stereocenters. The molecule has 3 rings (SSSR count). The number of hydrogen-bond acceptors (Lipinski definition) is 4. The minimum Gasteiger partial charge on any atom is -0.351 e. The molecule has 0 unspecified atom stereocenters. The highest BCUT2D eigenvalue weighted by molar-refractivity contribution is 8.39. The van der Waals surface area contributed by atoms with Gasteiger partial charge in [-0.05, 0) is 23.3 Å². The molecule has 3 nitrogen and oxygen atoms in total. The van der Waals surface area contributed by atoms with Crippen LogP contribution in [0.5, 0.6) is 0 Å². The summed E-state index contributed by atoms with van der Waals surface area (Å²) < 4.78 is 13.9. The fourth-order valence-corrected chi connectivity index (χ4v) is 4.47. The highest BCUT2D eigenvalue weighted by Crippen LogP contribution is 2.35. The van der Waals surface area contributed by atoms with Crippen LogP contribution in [0.15, 0.2) is 59.6 Å². The molecule has 1 N–H and O–H groups in total. The smallest absolute Gasteiger partial charge is 0.238 e. The first-order chi connectivity index (χ1) is 11.7. The molecule has 0 fully saturated rings. The fourth-order valence-electron chi connectivity index (χ4n) is 2.27. The van der Waals surface area contributed by atoms with E-state index >= 15 is 0 Å². The Kier molecular flexibility index (Phi) is 5.93. The van der Waals surface area contributed by atoms with Gasteiger partial charge >= 0.3 is 0 Å². The summed E-state index contributed by atoms with van der Waals surface area (Å²) in [4.78, 5) is 17.1. The Balaban J connectivity index is 1.69. The van der Waals surface area contributed by atoms with Crippen molar-refractivity contribution >= 4 is 33.8 Å². The van der Waals surface area contributed by atoms with Crippen LogP contribution in [0.1, 0.15) is 16.4 Å². The summed E-state index contributed by atoms with van der Waals surface area (Å²) in [6.07, 6.45) is 0. The molecule has 0 bridgehead atoms. The number of amides is 1. The van der Waals surface area contributed by atoms with Crippen LogP contribution in [0.4, 0.5) is 4.39 Å². The zero-order chi connectivity index (χ0) is 16.8. The molecule has 1 aliphatic rings. The SMILES string of the molecule is O=C(NCc1ccc(F)cc1)[C@H](SC1=NCCS1)c1ccccc1. The lowest BCUT2D eigenvalue weighted by atomic mass is 10.1. The average molecular weight is 360 g/mol. The Hall–Kier alpha value is -1.79. The van der Waals surface area contributed by atoms with Gasteiger partial charge in [0.2, 0.25) is 5.91 Å². The summed E-state index contributed by atoms with van der Waals surface area (Å²) in [7, 11) is 0. The number of carbonyl (C=O) groups is 1. The number of benzene rings is 2. The first-order valence-corrected chi connectivity index (χ1v) is 9.50. The van der Waals surface area contributed by atoms with Gasteiger partial charge in [-0.3, -0.25) is 9.79 Å². The Morgan fingerprint density at radius 3 is 2.62 bits per heavy atom. The third kappa shape index (κ3) is 4.61. The summed E-state index contributed by atoms with van der Waals surface area (Å²) in [5.74, 6) is 0.630. The second kappa shape index (κ2) is 8.35. The summed E-state index contributed by atoms with van der Waals surface area (Å²) in [6.45, 7) is 1.19. The molecule has 0 aromatic heterocycles. The van der Waals surface area contributed by atoms with Crippen molar-refractivity contribution in [1.29, 1.82) is 0 Å². The molecule has 2 aromatic carbocycles. The first-order valence-electron chi connectivity index (χ1n) is 7.63. The number of aliphatic imine (C=N–C) groups is 1. The van der Waals surface area contributed by atoms with E-state index in [1.165, 1.54) is 23.9 Å². The summed E-state index contributed by atoms with van der Waals surface area (Å²) >= 11 is 3.18. The van der Waals surface area contributed by atoms with Crippen LogP contribution in [0.2, 0.25) is 0 Å². The summed E-state index contributed by atoms with van der Waals surface area (Å²) in [6, 6.07) is 15.9. The van der Waals surface area contributed by atoms with Crippen molar-refractivity contribution in [3.8, 4) is 0 Å². The van der Waals surface area contributed by atoms with Crippen molar-refractivity contribution in [1.82, 2.24) is 5.32 Å². The van der Waals surface area contributed by atoms with Gasteiger partial charge in [0.1, 0.15) is 15.4 Å². The van der Waals surface area contributed by atoms with Crippen LogP contribution >= 0.6 is 23.5 Å². The molecule has 1 aliphatic heterocycles. The van der Waals surface area contributed by atoms with Crippen molar-refractivity contribution < 1.29 is 9.18 Å². The molecule has 0 saturated heterocycles. The Bertz CT molecular complexity index is 720. The molecule has 0 aliphatic carbocycles. The lowest BCUT2D eigenvalue weighted by Gasteiger charge is -2.16. The maximum Gasteiger partial charge on any atom is 0.238 e. The number of nitrogens with zero attached hydrogens (tertiary/aromatic N) is 1. The lowest BCUT2D eigenvalue weighted by molar-refractivity contribution is -0.120. The van der Waals surface area contributed by atoms with E-state index in [2.05, 4.69) is 10.3 Å². The third-order valence-electron chi connectivity index (χ3n) is 3.50. The van der Waals surface area contributed by atoms with Crippen molar-refractivity contribution in [3.63, 3.8) is 0 Å². The number of carbonyl (C=O) groups excluding carboxylic acids is 1. The van der Waals surface area contributed by atoms with E-state index < -0.39 is 0 Å². The van der Waals surface area contributed by atoms with Crippen molar-refractivity contribution in [2.24, 2.45) is 4.99 Å². The quantitative estimate of drug-likeness (QED) is 0.876. The van der Waals surface area contributed by atoms with Crippen LogP contribution in [0.25, 0.3) is 0 Å². The zero-order valence-corrected chi connectivity index (χ0v) is 14.6. The Morgan fingerprint density at radius 1 is 1.21 bits per heavy atom. The average Bonchev–Trinajstić information content (AvgIpc) is 3.13. The minimum absolute atomic E-state index is 0.0641. The lowest BCUT2D eigenvalue weighted by Crippen LogP contribution is -2.28. The molecule has 24 heavy (non-hydrogen) atoms. The molecular formula is C18H17FN2OS2. The second-order valence-corrected chi connectivity index (χ2v) is 7.68. The van der Waals surface area contributed by atoms with E-state index in [0.717, 1.165) is 27.8 Å². The van der Waals surface area contributed by atoms with E-state index in [0.29, 0.717) is 6.54 Å². The fraction of sp³-hybridized carbons (Fsp3) is 0.222. The molecule has 1 amide bonds. The number of thioether (sulfide) groups is 2. The first kappa shape index (κ1) is 17.0. The molecule has 6 heteroatoms. The molecule has 0 radical (unpaired) electrons. The van der Waals surface area contributed by atoms with E-state index in [4.69, 9.17) is 0 Å². The van der Waals surface area contributed by atoms with Crippen LogP contribution in [-0.2, 0) is 11.3 Å². The largest absolute Gasteiger partial charge is 0.351 e. The third-order valence-corrected chi connectivity index (χ3v) is 5.95. The highest BCUT2D eigenvalue weighted by Gasteiger charge is 2.24. The van der Waals surface area contributed by atoms with Crippen molar-refractivity contribution in [2.45, 2.75) is 11.8 Å². The van der Waals surface area contributed by atoms with E-state index in [1.807, 2.05) is 30.3 Å². The van der Waals surface area contributed by atoms with Gasteiger partial charge in [-0.2, -0.15) is 0 Å². The maximum atomic E-state index is 13.0. The number of nitrogens with one attached hydrogen (secondary N) is 1. The molecule has 1 heterocycles. The minimum atomic E-state index is -0.337. The van der Waals surface area contributed by atoms with E-state index in [9.17, 15) is 9.18 Å². The molecule has 0 saturated carbocycles. The maximum absolute atomic E-state index is 13.0. The Labute approximate surface area is 149 Å². The predicted octanol–water partition coefficient (Wildman–Crippen LogP) is 4.02. The van der Waals surface area contributed by atoms with Crippen molar-refractivity contribution in [2.75, 3.05) is 12.3 Å². The van der Waals surface area contributed by atoms with Crippen LogP contribution in [0, 0.1) is 5.82 Å². The normalized spacial score (nSPS) is 15.0. The molecular weight excluding hydrogens is 343 g/mol. The van der Waals surface area contributed by atoms with Gasteiger partial charge in [0, 0.05) is 12.3 Å². The van der Waals surface area contributed by atoms with Gasteiger partial charge in [-0.25, -0.2) is 4.39 Å². The van der Waals surface area contributed by atoms with Gasteiger partial charge in [-0.1, -0.05) is 66.0 Å². The molecule has 2 aromatic rings. The summed E-state index contributed by atoms with van der Waals surface area (Å²) in [5, 5.41) is 2.61. The second-order valence-electron chi connectivity index (χ2n) is 5.25. The van der Waals surface area contributed by atoms with Gasteiger partial charge in [0.25, 0.3) is 0 Å². The topological polar surface area (TPSA) is 41.5 Å². The van der Waals surface area contributed by atoms with Crippen LogP contribution < -0.4 is 5.32 Å². The number of rotatable bonds is 5. The predicted molar refractivity (Wildman–Crippen MR) is 99.8 cm³/mol. The number of hydrogen-bond donors (Lipinski definition) is 1. The Morgan fingerprint density at radius 2 is 1.96 bits per heavy atom. The van der Waals surface area contributed by atoms with Gasteiger partial charge < -0.3 is 5.32 Å². The van der Waals surface area contributed by atoms with E-state index in [-0.39, 0.29) is 17.0 Å². The zero-order valence-electron chi connectivity index (χ0n) is 12.9. The van der Waals surface area contributed by atoms with Gasteiger partial charge in [0.15, 0.2) is 0 Å². The van der Waals surface area contributed by atoms with Crippen LogP contribution in [0.3, 0.4) is 0 Å². The monoisotopic (exact) mass is 360 g/mol. The standard InChI is InChI=1S/C18H17FN2OS2/c19-15-8-6-13(7-9-15)12-21-17(22)16(14-4-2-1-3-5-14)24-18-20-10-11-23-18/h1-9,16H,10-12H2,(H,21,22)/t16-/m1/s1. The summed E-state index contributed by atoms with van der Waals surface area (Å²) in [5.41, 5.74) is 1.82. The van der Waals surface area contributed by atoms with Crippen LogP contribution in [-0.4, -0.2) is 22.6 Å². The van der Waals surface area contributed by atoms with Crippen molar-refractivity contribution in [3.05, 3.63) is 71.5 Å². The molecule has 0 spiro atoms.